The van der Waals surface area contributed by atoms with Crippen molar-refractivity contribution < 1.29 is 0 Å². The van der Waals surface area contributed by atoms with E-state index in [1.54, 1.807) is 0 Å². The van der Waals surface area contributed by atoms with E-state index >= 15 is 0 Å². The maximum atomic E-state index is 6.43. The van der Waals surface area contributed by atoms with Crippen LogP contribution in [0.1, 0.15) is 17.2 Å². The van der Waals surface area contributed by atoms with Gasteiger partial charge in [0.05, 0.1) is 0 Å². The molecule has 0 heterocycles. The van der Waals surface area contributed by atoms with E-state index in [-0.39, 0.29) is 6.04 Å². The van der Waals surface area contributed by atoms with Gasteiger partial charge < -0.3 is 5.73 Å². The van der Waals surface area contributed by atoms with Crippen molar-refractivity contribution in [1.82, 2.24) is 0 Å². The third-order valence-electron chi connectivity index (χ3n) is 3.57. The first-order chi connectivity index (χ1) is 9.74. The summed E-state index contributed by atoms with van der Waals surface area (Å²) in [6.07, 6.45) is 0.841. The Balaban J connectivity index is 1.94. The Morgan fingerprint density at radius 3 is 2.50 bits per heavy atom. The summed E-state index contributed by atoms with van der Waals surface area (Å²) >= 11 is 3.51. The van der Waals surface area contributed by atoms with Gasteiger partial charge >= 0.3 is 0 Å². The summed E-state index contributed by atoms with van der Waals surface area (Å²) in [5.41, 5.74) is 8.89. The van der Waals surface area contributed by atoms with Crippen LogP contribution in [0.15, 0.2) is 71.2 Å². The van der Waals surface area contributed by atoms with E-state index < -0.39 is 0 Å². The third kappa shape index (κ3) is 2.77. The second-order valence-electron chi connectivity index (χ2n) is 5.01. The fraction of sp³-hybridized carbons (Fsp3) is 0.111. The molecule has 0 spiro atoms. The Hall–Kier alpha value is -1.64. The summed E-state index contributed by atoms with van der Waals surface area (Å²) < 4.78 is 1.10. The smallest absolute Gasteiger partial charge is 0.0341 e. The Morgan fingerprint density at radius 2 is 1.65 bits per heavy atom. The van der Waals surface area contributed by atoms with Crippen LogP contribution in [0.25, 0.3) is 10.8 Å². The van der Waals surface area contributed by atoms with Gasteiger partial charge in [-0.3, -0.25) is 0 Å². The first kappa shape index (κ1) is 13.3. The number of fused-ring (bicyclic) bond motifs is 1. The van der Waals surface area contributed by atoms with Crippen LogP contribution in [0, 0.1) is 0 Å². The predicted octanol–water partition coefficient (Wildman–Crippen LogP) is 4.84. The largest absolute Gasteiger partial charge is 0.324 e. The zero-order valence-corrected chi connectivity index (χ0v) is 12.7. The highest BCUT2D eigenvalue weighted by molar-refractivity contribution is 9.10. The molecular weight excluding hydrogens is 310 g/mol. The summed E-state index contributed by atoms with van der Waals surface area (Å²) in [7, 11) is 0. The summed E-state index contributed by atoms with van der Waals surface area (Å²) in [6.45, 7) is 0. The number of hydrogen-bond donors (Lipinski definition) is 1. The van der Waals surface area contributed by atoms with Gasteiger partial charge in [-0.2, -0.15) is 0 Å². The van der Waals surface area contributed by atoms with Gasteiger partial charge in [-0.1, -0.05) is 70.5 Å². The van der Waals surface area contributed by atoms with Crippen LogP contribution in [-0.2, 0) is 6.42 Å². The standard InChI is InChI=1S/C18H16BrN/c19-15-8-3-5-13(11-15)12-18(20)17-10-4-7-14-6-1-2-9-16(14)17/h1-11,18H,12,20H2. The van der Waals surface area contributed by atoms with E-state index in [2.05, 4.69) is 76.6 Å². The van der Waals surface area contributed by atoms with Gasteiger partial charge in [0.2, 0.25) is 0 Å². The van der Waals surface area contributed by atoms with E-state index in [0.717, 1.165) is 10.9 Å². The molecule has 2 heteroatoms. The molecule has 0 aliphatic rings. The number of halogens is 1. The molecular formula is C18H16BrN. The lowest BCUT2D eigenvalue weighted by Gasteiger charge is -2.15. The molecule has 0 fully saturated rings. The lowest BCUT2D eigenvalue weighted by atomic mass is 9.95. The van der Waals surface area contributed by atoms with E-state index in [1.807, 2.05) is 6.07 Å². The van der Waals surface area contributed by atoms with Crippen LogP contribution in [0.5, 0.6) is 0 Å². The highest BCUT2D eigenvalue weighted by atomic mass is 79.9. The van der Waals surface area contributed by atoms with Crippen molar-refractivity contribution in [3.63, 3.8) is 0 Å². The monoisotopic (exact) mass is 325 g/mol. The predicted molar refractivity (Wildman–Crippen MR) is 88.7 cm³/mol. The average molecular weight is 326 g/mol. The second kappa shape index (κ2) is 5.78. The molecule has 3 rings (SSSR count). The summed E-state index contributed by atoms with van der Waals surface area (Å²) in [5, 5.41) is 2.49. The van der Waals surface area contributed by atoms with Gasteiger partial charge in [-0.05, 0) is 40.5 Å². The summed E-state index contributed by atoms with van der Waals surface area (Å²) in [5.74, 6) is 0. The fourth-order valence-corrected chi connectivity index (χ4v) is 3.05. The molecule has 0 radical (unpaired) electrons. The molecule has 3 aromatic carbocycles. The quantitative estimate of drug-likeness (QED) is 0.732. The van der Waals surface area contributed by atoms with E-state index in [0.29, 0.717) is 0 Å². The topological polar surface area (TPSA) is 26.0 Å². The van der Waals surface area contributed by atoms with Gasteiger partial charge in [-0.25, -0.2) is 0 Å². The van der Waals surface area contributed by atoms with Gasteiger partial charge in [0.15, 0.2) is 0 Å². The van der Waals surface area contributed by atoms with E-state index in [9.17, 15) is 0 Å². The van der Waals surface area contributed by atoms with Crippen LogP contribution < -0.4 is 5.73 Å². The van der Waals surface area contributed by atoms with Crippen molar-refractivity contribution in [2.45, 2.75) is 12.5 Å². The number of benzene rings is 3. The molecule has 0 saturated carbocycles. The molecule has 1 atom stereocenters. The molecule has 0 bridgehead atoms. The SMILES string of the molecule is NC(Cc1cccc(Br)c1)c1cccc2ccccc12. The Morgan fingerprint density at radius 1 is 0.900 bits per heavy atom. The summed E-state index contributed by atoms with van der Waals surface area (Å²) in [6, 6.07) is 23.1. The maximum Gasteiger partial charge on any atom is 0.0341 e. The molecule has 0 aromatic heterocycles. The Bertz CT molecular complexity index is 731. The fourth-order valence-electron chi connectivity index (χ4n) is 2.60. The average Bonchev–Trinajstić information content (AvgIpc) is 2.46. The maximum absolute atomic E-state index is 6.43. The first-order valence-electron chi connectivity index (χ1n) is 6.72. The minimum absolute atomic E-state index is 0.00963. The van der Waals surface area contributed by atoms with E-state index in [1.165, 1.54) is 21.9 Å². The zero-order chi connectivity index (χ0) is 13.9. The third-order valence-corrected chi connectivity index (χ3v) is 4.06. The van der Waals surface area contributed by atoms with Crippen molar-refractivity contribution in [1.29, 1.82) is 0 Å². The highest BCUT2D eigenvalue weighted by Crippen LogP contribution is 2.25. The van der Waals surface area contributed by atoms with E-state index in [4.69, 9.17) is 5.73 Å². The number of rotatable bonds is 3. The van der Waals surface area contributed by atoms with Crippen LogP contribution >= 0.6 is 15.9 Å². The molecule has 0 aliphatic carbocycles. The van der Waals surface area contributed by atoms with Crippen molar-refractivity contribution >= 4 is 26.7 Å². The Labute approximate surface area is 127 Å². The van der Waals surface area contributed by atoms with Crippen LogP contribution in [0.4, 0.5) is 0 Å². The normalized spacial score (nSPS) is 12.5. The Kier molecular flexibility index (Phi) is 3.86. The van der Waals surface area contributed by atoms with Gasteiger partial charge in [-0.15, -0.1) is 0 Å². The molecule has 100 valence electrons. The summed E-state index contributed by atoms with van der Waals surface area (Å²) in [4.78, 5) is 0. The molecule has 0 amide bonds. The molecule has 20 heavy (non-hydrogen) atoms. The van der Waals surface area contributed by atoms with Crippen LogP contribution in [0.3, 0.4) is 0 Å². The van der Waals surface area contributed by atoms with Gasteiger partial charge in [0.25, 0.3) is 0 Å². The molecule has 0 aliphatic heterocycles. The minimum Gasteiger partial charge on any atom is -0.324 e. The molecule has 3 aromatic rings. The highest BCUT2D eigenvalue weighted by Gasteiger charge is 2.10. The number of nitrogens with two attached hydrogens (primary N) is 1. The lowest BCUT2D eigenvalue weighted by molar-refractivity contribution is 0.728. The molecule has 0 saturated heterocycles. The molecule has 1 nitrogen and oxygen atoms in total. The van der Waals surface area contributed by atoms with Crippen molar-refractivity contribution in [3.8, 4) is 0 Å². The van der Waals surface area contributed by atoms with Crippen molar-refractivity contribution in [3.05, 3.63) is 82.3 Å². The van der Waals surface area contributed by atoms with Gasteiger partial charge in [0.1, 0.15) is 0 Å². The lowest BCUT2D eigenvalue weighted by Crippen LogP contribution is -2.13. The first-order valence-corrected chi connectivity index (χ1v) is 7.51. The van der Waals surface area contributed by atoms with Crippen LogP contribution in [0.2, 0.25) is 0 Å². The minimum atomic E-state index is 0.00963. The molecule has 2 N–H and O–H groups in total. The van der Waals surface area contributed by atoms with Crippen LogP contribution in [-0.4, -0.2) is 0 Å². The van der Waals surface area contributed by atoms with Crippen molar-refractivity contribution in [2.24, 2.45) is 5.73 Å². The molecule has 1 unspecified atom stereocenters. The van der Waals surface area contributed by atoms with Gasteiger partial charge in [0, 0.05) is 10.5 Å². The zero-order valence-electron chi connectivity index (χ0n) is 11.1. The second-order valence-corrected chi connectivity index (χ2v) is 5.92. The number of hydrogen-bond acceptors (Lipinski definition) is 1. The van der Waals surface area contributed by atoms with Crippen molar-refractivity contribution in [2.75, 3.05) is 0 Å².